The molecule has 0 amide bonds. The monoisotopic (exact) mass is 494 g/mol. The average Bonchev–Trinajstić information content (AvgIpc) is 3.18. The predicted octanol–water partition coefficient (Wildman–Crippen LogP) is 6.34. The summed E-state index contributed by atoms with van der Waals surface area (Å²) in [7, 11) is 4.08. The number of carbonyl (C=O) groups is 1. The Balaban J connectivity index is 0.00000324. The lowest BCUT2D eigenvalue weighted by molar-refractivity contribution is 0.0986. The standard InChI is InChI=1S/C26H27ClN4OS.CH4/c1-31(2)22-6-4-3-5-19(22)15-29-16-25-21(27)14-24(33-25)23(32)10-8-17-7-9-20-18(13-17)11-12-30-26(20)28;/h3-7,9,11-14,29H,8,10,15-16H2,1-2H3,(H2,28,30);1H4. The molecule has 0 atom stereocenters. The fourth-order valence-corrected chi connectivity index (χ4v) is 5.20. The van der Waals surface area contributed by atoms with E-state index >= 15 is 0 Å². The summed E-state index contributed by atoms with van der Waals surface area (Å²) in [6.07, 6.45) is 2.81. The van der Waals surface area contributed by atoms with Crippen molar-refractivity contribution >= 4 is 51.0 Å². The lowest BCUT2D eigenvalue weighted by Gasteiger charge is -2.17. The van der Waals surface area contributed by atoms with Crippen LogP contribution in [0.15, 0.2) is 60.8 Å². The van der Waals surface area contributed by atoms with Gasteiger partial charge in [-0.25, -0.2) is 4.98 Å². The summed E-state index contributed by atoms with van der Waals surface area (Å²) in [5.74, 6) is 0.634. The van der Waals surface area contributed by atoms with Crippen LogP contribution in [0, 0.1) is 0 Å². The van der Waals surface area contributed by atoms with Crippen LogP contribution in [-0.4, -0.2) is 24.9 Å². The molecular formula is C27H31ClN4OS. The highest BCUT2D eigenvalue weighted by atomic mass is 35.5. The Morgan fingerprint density at radius 2 is 1.91 bits per heavy atom. The minimum absolute atomic E-state index is 0. The number of nitrogen functional groups attached to an aromatic ring is 1. The van der Waals surface area contributed by atoms with Crippen LogP contribution in [0.1, 0.15) is 39.5 Å². The molecule has 2 aromatic heterocycles. The molecule has 0 fully saturated rings. The number of hydrogen-bond acceptors (Lipinski definition) is 6. The van der Waals surface area contributed by atoms with Crippen LogP contribution in [0.2, 0.25) is 5.02 Å². The number of fused-ring (bicyclic) bond motifs is 1. The third-order valence-electron chi connectivity index (χ3n) is 5.61. The lowest BCUT2D eigenvalue weighted by Crippen LogP contribution is -2.17. The van der Waals surface area contributed by atoms with E-state index in [0.717, 1.165) is 27.8 Å². The lowest BCUT2D eigenvalue weighted by atomic mass is 10.0. The summed E-state index contributed by atoms with van der Waals surface area (Å²) < 4.78 is 0. The van der Waals surface area contributed by atoms with E-state index in [1.54, 1.807) is 12.3 Å². The predicted molar refractivity (Wildman–Crippen MR) is 146 cm³/mol. The molecule has 2 aromatic carbocycles. The number of aromatic nitrogens is 1. The minimum atomic E-state index is 0. The van der Waals surface area contributed by atoms with Crippen molar-refractivity contribution in [1.82, 2.24) is 10.3 Å². The van der Waals surface area contributed by atoms with Crippen LogP contribution >= 0.6 is 22.9 Å². The van der Waals surface area contributed by atoms with Gasteiger partial charge in [0.25, 0.3) is 0 Å². The second-order valence-electron chi connectivity index (χ2n) is 8.18. The second kappa shape index (κ2) is 11.5. The van der Waals surface area contributed by atoms with Gasteiger partial charge >= 0.3 is 0 Å². The first-order valence-corrected chi connectivity index (χ1v) is 12.0. The Kier molecular flexibility index (Phi) is 8.67. The van der Waals surface area contributed by atoms with Gasteiger partial charge in [0, 0.05) is 55.8 Å². The first kappa shape index (κ1) is 25.7. The summed E-state index contributed by atoms with van der Waals surface area (Å²) in [5, 5.41) is 6.07. The Bertz CT molecular complexity index is 1280. The van der Waals surface area contributed by atoms with Crippen molar-refractivity contribution in [3.63, 3.8) is 0 Å². The van der Waals surface area contributed by atoms with Crippen LogP contribution in [0.3, 0.4) is 0 Å². The SMILES string of the molecule is C.CN(C)c1ccccc1CNCc1sc(C(=O)CCc2ccc3c(N)nccc3c2)cc1Cl. The number of benzene rings is 2. The van der Waals surface area contributed by atoms with E-state index in [0.29, 0.717) is 35.1 Å². The maximum absolute atomic E-state index is 12.8. The van der Waals surface area contributed by atoms with Crippen LogP contribution in [0.4, 0.5) is 11.5 Å². The number of aryl methyl sites for hydroxylation is 1. The molecule has 0 saturated carbocycles. The van der Waals surface area contributed by atoms with Gasteiger partial charge in [0.15, 0.2) is 5.78 Å². The van der Waals surface area contributed by atoms with Gasteiger partial charge in [-0.15, -0.1) is 11.3 Å². The number of thiophene rings is 1. The number of carbonyl (C=O) groups excluding carboxylic acids is 1. The molecule has 0 saturated heterocycles. The van der Waals surface area contributed by atoms with E-state index in [1.165, 1.54) is 22.6 Å². The van der Waals surface area contributed by atoms with E-state index in [-0.39, 0.29) is 13.2 Å². The van der Waals surface area contributed by atoms with Gasteiger partial charge in [0.2, 0.25) is 0 Å². The zero-order valence-electron chi connectivity index (χ0n) is 18.8. The molecule has 0 aliphatic carbocycles. The van der Waals surface area contributed by atoms with E-state index in [9.17, 15) is 4.79 Å². The maximum atomic E-state index is 12.8. The van der Waals surface area contributed by atoms with Crippen LogP contribution in [0.25, 0.3) is 10.8 Å². The number of halogens is 1. The van der Waals surface area contributed by atoms with Crippen molar-refractivity contribution in [2.75, 3.05) is 24.7 Å². The number of nitrogens with two attached hydrogens (primary N) is 1. The third kappa shape index (κ3) is 5.95. The number of nitrogens with zero attached hydrogens (tertiary/aromatic N) is 2. The van der Waals surface area contributed by atoms with Crippen molar-refractivity contribution in [3.05, 3.63) is 86.7 Å². The molecule has 178 valence electrons. The molecule has 7 heteroatoms. The van der Waals surface area contributed by atoms with Crippen molar-refractivity contribution in [1.29, 1.82) is 0 Å². The molecule has 4 aromatic rings. The van der Waals surface area contributed by atoms with E-state index in [1.807, 2.05) is 44.4 Å². The second-order valence-corrected chi connectivity index (χ2v) is 9.73. The number of Topliss-reactive ketones (excluding diaryl/α,β-unsaturated/α-hetero) is 1. The zero-order chi connectivity index (χ0) is 23.4. The quantitative estimate of drug-likeness (QED) is 0.266. The number of anilines is 2. The smallest absolute Gasteiger partial charge is 0.173 e. The molecule has 0 aliphatic rings. The third-order valence-corrected chi connectivity index (χ3v) is 7.23. The van der Waals surface area contributed by atoms with Crippen LogP contribution in [0.5, 0.6) is 0 Å². The molecule has 0 spiro atoms. The van der Waals surface area contributed by atoms with Gasteiger partial charge in [-0.3, -0.25) is 4.79 Å². The number of hydrogen-bond donors (Lipinski definition) is 2. The Morgan fingerprint density at radius 3 is 2.71 bits per heavy atom. The van der Waals surface area contributed by atoms with Crippen molar-refractivity contribution in [2.24, 2.45) is 0 Å². The van der Waals surface area contributed by atoms with Gasteiger partial charge in [-0.1, -0.05) is 55.4 Å². The van der Waals surface area contributed by atoms with E-state index in [4.69, 9.17) is 17.3 Å². The van der Waals surface area contributed by atoms with Crippen LogP contribution in [-0.2, 0) is 19.5 Å². The molecular weight excluding hydrogens is 464 g/mol. The van der Waals surface area contributed by atoms with Gasteiger partial charge in [-0.05, 0) is 41.1 Å². The Hall–Kier alpha value is -2.93. The first-order valence-electron chi connectivity index (χ1n) is 10.8. The fraction of sp³-hybridized carbons (Fsp3) is 0.259. The normalized spacial score (nSPS) is 10.8. The Labute approximate surface area is 210 Å². The number of nitrogens with one attached hydrogen (secondary N) is 1. The summed E-state index contributed by atoms with van der Waals surface area (Å²) >= 11 is 7.92. The van der Waals surface area contributed by atoms with Gasteiger partial charge in [0.05, 0.1) is 9.90 Å². The zero-order valence-corrected chi connectivity index (χ0v) is 20.3. The molecule has 3 N–H and O–H groups in total. The number of para-hydroxylation sites is 1. The highest BCUT2D eigenvalue weighted by Gasteiger charge is 2.14. The highest BCUT2D eigenvalue weighted by Crippen LogP contribution is 2.29. The molecule has 0 bridgehead atoms. The highest BCUT2D eigenvalue weighted by molar-refractivity contribution is 7.14. The van der Waals surface area contributed by atoms with E-state index in [2.05, 4.69) is 33.4 Å². The largest absolute Gasteiger partial charge is 0.383 e. The van der Waals surface area contributed by atoms with Crippen molar-refractivity contribution in [2.45, 2.75) is 33.4 Å². The molecule has 5 nitrogen and oxygen atoms in total. The molecule has 4 rings (SSSR count). The molecule has 0 unspecified atom stereocenters. The number of rotatable bonds is 9. The minimum Gasteiger partial charge on any atom is -0.383 e. The molecule has 0 radical (unpaired) electrons. The molecule has 2 heterocycles. The molecule has 0 aliphatic heterocycles. The summed E-state index contributed by atoms with van der Waals surface area (Å²) in [5.41, 5.74) is 9.44. The average molecular weight is 495 g/mol. The maximum Gasteiger partial charge on any atom is 0.173 e. The van der Waals surface area contributed by atoms with Crippen LogP contribution < -0.4 is 16.0 Å². The van der Waals surface area contributed by atoms with Gasteiger partial charge in [0.1, 0.15) is 5.82 Å². The summed E-state index contributed by atoms with van der Waals surface area (Å²) in [6.45, 7) is 1.35. The number of ketones is 1. The van der Waals surface area contributed by atoms with Crippen molar-refractivity contribution in [3.8, 4) is 0 Å². The topological polar surface area (TPSA) is 71.2 Å². The van der Waals surface area contributed by atoms with Crippen molar-refractivity contribution < 1.29 is 4.79 Å². The Morgan fingerprint density at radius 1 is 1.12 bits per heavy atom. The fourth-order valence-electron chi connectivity index (χ4n) is 3.86. The van der Waals surface area contributed by atoms with Gasteiger partial charge < -0.3 is 16.0 Å². The summed E-state index contributed by atoms with van der Waals surface area (Å²) in [6, 6.07) is 18.1. The number of pyridine rings is 1. The molecule has 34 heavy (non-hydrogen) atoms. The first-order chi connectivity index (χ1) is 15.9. The van der Waals surface area contributed by atoms with Gasteiger partial charge in [-0.2, -0.15) is 0 Å². The summed E-state index contributed by atoms with van der Waals surface area (Å²) in [4.78, 5) is 20.7. The van der Waals surface area contributed by atoms with E-state index < -0.39 is 0 Å².